The number of nitrogens with zero attached hydrogens (tertiary/aromatic N) is 2. The number of likely N-dealkylation sites (tertiary alicyclic amines) is 1. The Morgan fingerprint density at radius 2 is 2.35 bits per heavy atom. The van der Waals surface area contributed by atoms with Crippen LogP contribution in [0.25, 0.3) is 0 Å². The first-order valence-electron chi connectivity index (χ1n) is 6.45. The van der Waals surface area contributed by atoms with Crippen molar-refractivity contribution in [3.05, 3.63) is 16.1 Å². The average molecular weight is 253 g/mol. The van der Waals surface area contributed by atoms with Crippen molar-refractivity contribution in [1.29, 1.82) is 0 Å². The second kappa shape index (κ2) is 5.46. The third-order valence-corrected chi connectivity index (χ3v) is 4.17. The SMILES string of the molecule is CCNCc1nc(CN2CCC(C)(C)C2)cs1. The fourth-order valence-corrected chi connectivity index (χ4v) is 3.08. The van der Waals surface area contributed by atoms with Gasteiger partial charge in [0.15, 0.2) is 0 Å². The summed E-state index contributed by atoms with van der Waals surface area (Å²) in [5, 5.41) is 6.73. The third kappa shape index (κ3) is 3.76. The smallest absolute Gasteiger partial charge is 0.107 e. The summed E-state index contributed by atoms with van der Waals surface area (Å²) in [5.41, 5.74) is 1.73. The topological polar surface area (TPSA) is 28.2 Å². The van der Waals surface area contributed by atoms with Crippen LogP contribution in [0.4, 0.5) is 0 Å². The zero-order valence-electron chi connectivity index (χ0n) is 11.1. The lowest BCUT2D eigenvalue weighted by molar-refractivity contribution is 0.282. The number of hydrogen-bond acceptors (Lipinski definition) is 4. The summed E-state index contributed by atoms with van der Waals surface area (Å²) in [5.74, 6) is 0. The van der Waals surface area contributed by atoms with Gasteiger partial charge in [-0.1, -0.05) is 20.8 Å². The quantitative estimate of drug-likeness (QED) is 0.874. The van der Waals surface area contributed by atoms with Crippen molar-refractivity contribution >= 4 is 11.3 Å². The number of rotatable bonds is 5. The molecule has 1 aromatic heterocycles. The van der Waals surface area contributed by atoms with Crippen LogP contribution in [0.1, 0.15) is 37.9 Å². The Bertz CT molecular complexity index is 359. The van der Waals surface area contributed by atoms with Crippen molar-refractivity contribution in [3.8, 4) is 0 Å². The van der Waals surface area contributed by atoms with Crippen LogP contribution in [0, 0.1) is 5.41 Å². The molecule has 1 aromatic rings. The van der Waals surface area contributed by atoms with Crippen LogP contribution in [0.15, 0.2) is 5.38 Å². The minimum absolute atomic E-state index is 0.489. The molecule has 0 aromatic carbocycles. The molecule has 4 heteroatoms. The number of thiazole rings is 1. The molecule has 17 heavy (non-hydrogen) atoms. The Hall–Kier alpha value is -0.450. The molecule has 1 fully saturated rings. The number of nitrogens with one attached hydrogen (secondary N) is 1. The van der Waals surface area contributed by atoms with Gasteiger partial charge in [-0.15, -0.1) is 11.3 Å². The van der Waals surface area contributed by atoms with E-state index in [2.05, 4.69) is 41.4 Å². The summed E-state index contributed by atoms with van der Waals surface area (Å²) >= 11 is 1.77. The lowest BCUT2D eigenvalue weighted by atomic mass is 9.93. The molecule has 3 nitrogen and oxygen atoms in total. The molecule has 1 saturated heterocycles. The fraction of sp³-hybridized carbons (Fsp3) is 0.769. The van der Waals surface area contributed by atoms with Crippen LogP contribution >= 0.6 is 11.3 Å². The average Bonchev–Trinajstić information content (AvgIpc) is 2.83. The highest BCUT2D eigenvalue weighted by Gasteiger charge is 2.29. The van der Waals surface area contributed by atoms with E-state index in [1.807, 2.05) is 0 Å². The van der Waals surface area contributed by atoms with Crippen LogP contribution < -0.4 is 5.32 Å². The molecule has 1 aliphatic rings. The largest absolute Gasteiger partial charge is 0.311 e. The van der Waals surface area contributed by atoms with Crippen molar-refractivity contribution in [2.24, 2.45) is 5.41 Å². The molecular weight excluding hydrogens is 230 g/mol. The Morgan fingerprint density at radius 3 is 3.00 bits per heavy atom. The number of aromatic nitrogens is 1. The van der Waals surface area contributed by atoms with E-state index in [1.165, 1.54) is 30.2 Å². The standard InChI is InChI=1S/C13H23N3S/c1-4-14-7-12-15-11(9-17-12)8-16-6-5-13(2,3)10-16/h9,14H,4-8,10H2,1-3H3. The Labute approximate surface area is 108 Å². The Morgan fingerprint density at radius 1 is 1.53 bits per heavy atom. The first-order chi connectivity index (χ1) is 8.09. The molecule has 0 amide bonds. The summed E-state index contributed by atoms with van der Waals surface area (Å²) in [7, 11) is 0. The highest BCUT2D eigenvalue weighted by molar-refractivity contribution is 7.09. The van der Waals surface area contributed by atoms with Crippen molar-refractivity contribution < 1.29 is 0 Å². The maximum atomic E-state index is 4.67. The van der Waals surface area contributed by atoms with Gasteiger partial charge in [0.2, 0.25) is 0 Å². The molecule has 0 bridgehead atoms. The molecule has 0 spiro atoms. The first-order valence-corrected chi connectivity index (χ1v) is 7.33. The van der Waals surface area contributed by atoms with Crippen LogP contribution in [0.5, 0.6) is 0 Å². The maximum Gasteiger partial charge on any atom is 0.107 e. The molecule has 96 valence electrons. The van der Waals surface area contributed by atoms with E-state index >= 15 is 0 Å². The van der Waals surface area contributed by atoms with Crippen LogP contribution in [0.3, 0.4) is 0 Å². The van der Waals surface area contributed by atoms with Crippen LogP contribution in [-0.4, -0.2) is 29.5 Å². The summed E-state index contributed by atoms with van der Waals surface area (Å²) < 4.78 is 0. The van der Waals surface area contributed by atoms with Crippen molar-refractivity contribution in [1.82, 2.24) is 15.2 Å². The molecule has 1 N–H and O–H groups in total. The molecular formula is C13H23N3S. The normalized spacial score (nSPS) is 19.9. The second-order valence-corrected chi connectivity index (χ2v) is 6.58. The van der Waals surface area contributed by atoms with Crippen molar-refractivity contribution in [2.75, 3.05) is 19.6 Å². The van der Waals surface area contributed by atoms with Gasteiger partial charge in [-0.05, 0) is 24.9 Å². The highest BCUT2D eigenvalue weighted by atomic mass is 32.1. The highest BCUT2D eigenvalue weighted by Crippen LogP contribution is 2.29. The second-order valence-electron chi connectivity index (χ2n) is 5.64. The van der Waals surface area contributed by atoms with E-state index < -0.39 is 0 Å². The monoisotopic (exact) mass is 253 g/mol. The lowest BCUT2D eigenvalue weighted by Gasteiger charge is -2.18. The van der Waals surface area contributed by atoms with E-state index in [0.717, 1.165) is 19.6 Å². The van der Waals surface area contributed by atoms with Crippen LogP contribution in [-0.2, 0) is 13.1 Å². The fourth-order valence-electron chi connectivity index (χ4n) is 2.32. The molecule has 0 unspecified atom stereocenters. The summed E-state index contributed by atoms with van der Waals surface area (Å²) in [6, 6.07) is 0. The van der Waals surface area contributed by atoms with Gasteiger partial charge in [0.05, 0.1) is 5.69 Å². The molecule has 0 aliphatic carbocycles. The predicted molar refractivity (Wildman–Crippen MR) is 73.2 cm³/mol. The summed E-state index contributed by atoms with van der Waals surface area (Å²) in [4.78, 5) is 7.19. The zero-order chi connectivity index (χ0) is 12.3. The van der Waals surface area contributed by atoms with Gasteiger partial charge in [-0.2, -0.15) is 0 Å². The van der Waals surface area contributed by atoms with E-state index in [4.69, 9.17) is 0 Å². The van der Waals surface area contributed by atoms with E-state index in [0.29, 0.717) is 5.41 Å². The van der Waals surface area contributed by atoms with Gasteiger partial charge in [0.25, 0.3) is 0 Å². The summed E-state index contributed by atoms with van der Waals surface area (Å²) in [6.07, 6.45) is 1.31. The molecule has 0 saturated carbocycles. The van der Waals surface area contributed by atoms with Crippen LogP contribution in [0.2, 0.25) is 0 Å². The summed E-state index contributed by atoms with van der Waals surface area (Å²) in [6.45, 7) is 12.2. The first kappa shape index (κ1) is 13.0. The van der Waals surface area contributed by atoms with Gasteiger partial charge in [0, 0.05) is 25.0 Å². The van der Waals surface area contributed by atoms with Gasteiger partial charge >= 0.3 is 0 Å². The van der Waals surface area contributed by atoms with E-state index in [1.54, 1.807) is 11.3 Å². The molecule has 2 heterocycles. The minimum Gasteiger partial charge on any atom is -0.311 e. The lowest BCUT2D eigenvalue weighted by Crippen LogP contribution is -2.23. The molecule has 0 atom stereocenters. The third-order valence-electron chi connectivity index (χ3n) is 3.27. The van der Waals surface area contributed by atoms with Crippen molar-refractivity contribution in [3.63, 3.8) is 0 Å². The minimum atomic E-state index is 0.489. The zero-order valence-corrected chi connectivity index (χ0v) is 11.9. The van der Waals surface area contributed by atoms with E-state index in [-0.39, 0.29) is 0 Å². The number of hydrogen-bond donors (Lipinski definition) is 1. The Kier molecular flexibility index (Phi) is 4.17. The van der Waals surface area contributed by atoms with E-state index in [9.17, 15) is 0 Å². The van der Waals surface area contributed by atoms with Gasteiger partial charge < -0.3 is 5.32 Å². The maximum absolute atomic E-state index is 4.67. The predicted octanol–water partition coefficient (Wildman–Crippen LogP) is 2.48. The van der Waals surface area contributed by atoms with Gasteiger partial charge in [-0.25, -0.2) is 4.98 Å². The Balaban J connectivity index is 1.85. The van der Waals surface area contributed by atoms with Gasteiger partial charge in [-0.3, -0.25) is 4.90 Å². The van der Waals surface area contributed by atoms with Crippen molar-refractivity contribution in [2.45, 2.75) is 40.3 Å². The molecule has 0 radical (unpaired) electrons. The molecule has 2 rings (SSSR count). The molecule has 1 aliphatic heterocycles. The van der Waals surface area contributed by atoms with Gasteiger partial charge in [0.1, 0.15) is 5.01 Å².